The van der Waals surface area contributed by atoms with E-state index in [1.807, 2.05) is 0 Å². The molecule has 0 aromatic carbocycles. The van der Waals surface area contributed by atoms with Gasteiger partial charge in [-0.3, -0.25) is 0 Å². The summed E-state index contributed by atoms with van der Waals surface area (Å²) in [5, 5.41) is 8.37. The molecule has 1 fully saturated rings. The van der Waals surface area contributed by atoms with Gasteiger partial charge in [-0.15, -0.1) is 0 Å². The van der Waals surface area contributed by atoms with Crippen molar-refractivity contribution in [1.29, 1.82) is 0 Å². The first-order valence-electron chi connectivity index (χ1n) is 2.52. The van der Waals surface area contributed by atoms with Crippen molar-refractivity contribution >= 4 is 5.97 Å². The summed E-state index contributed by atoms with van der Waals surface area (Å²) in [6, 6.07) is 0. The van der Waals surface area contributed by atoms with Gasteiger partial charge in [-0.25, -0.2) is 4.79 Å². The molecule has 0 radical (unpaired) electrons. The number of carbonyl (C=O) groups is 1. The average Bonchev–Trinajstić information content (AvgIpc) is 1.60. The second kappa shape index (κ2) is 1.45. The van der Waals surface area contributed by atoms with Gasteiger partial charge in [0.05, 0.1) is 6.61 Å². The zero-order chi connectivity index (χ0) is 6.20. The highest BCUT2D eigenvalue weighted by Crippen LogP contribution is 2.24. The molecule has 1 heterocycles. The van der Waals surface area contributed by atoms with Crippen LogP contribution >= 0.6 is 0 Å². The molecule has 1 saturated heterocycles. The predicted molar refractivity (Wildman–Crippen MR) is 26.6 cm³/mol. The summed E-state index contributed by atoms with van der Waals surface area (Å²) >= 11 is 0. The Morgan fingerprint density at radius 3 is 2.38 bits per heavy atom. The van der Waals surface area contributed by atoms with Crippen molar-refractivity contribution < 1.29 is 14.6 Å². The standard InChI is InChI=1S/C5H8O3/c1-5(4(6)7)2-3-8-5/h2-3H2,1H3,(H,6,7). The van der Waals surface area contributed by atoms with Gasteiger partial charge in [0.2, 0.25) is 0 Å². The molecule has 0 bridgehead atoms. The van der Waals surface area contributed by atoms with E-state index >= 15 is 0 Å². The van der Waals surface area contributed by atoms with Crippen LogP contribution in [0.15, 0.2) is 0 Å². The van der Waals surface area contributed by atoms with Gasteiger partial charge < -0.3 is 9.84 Å². The van der Waals surface area contributed by atoms with E-state index in [0.717, 1.165) is 0 Å². The highest BCUT2D eigenvalue weighted by atomic mass is 16.5. The fourth-order valence-corrected chi connectivity index (χ4v) is 0.577. The van der Waals surface area contributed by atoms with Crippen molar-refractivity contribution in [3.05, 3.63) is 0 Å². The summed E-state index contributed by atoms with van der Waals surface area (Å²) in [6.45, 7) is 2.17. The topological polar surface area (TPSA) is 46.5 Å². The number of carboxylic acid groups (broad SMARTS) is 1. The fourth-order valence-electron chi connectivity index (χ4n) is 0.577. The van der Waals surface area contributed by atoms with E-state index in [1.54, 1.807) is 6.92 Å². The maximum Gasteiger partial charge on any atom is 0.335 e. The lowest BCUT2D eigenvalue weighted by Crippen LogP contribution is -2.47. The van der Waals surface area contributed by atoms with Gasteiger partial charge >= 0.3 is 5.97 Å². The molecule has 1 unspecified atom stereocenters. The van der Waals surface area contributed by atoms with E-state index in [0.29, 0.717) is 13.0 Å². The second-order valence-corrected chi connectivity index (χ2v) is 2.13. The molecule has 0 amide bonds. The van der Waals surface area contributed by atoms with E-state index in [4.69, 9.17) is 9.84 Å². The Morgan fingerprint density at radius 2 is 2.38 bits per heavy atom. The summed E-state index contributed by atoms with van der Waals surface area (Å²) < 4.78 is 4.78. The third-order valence-corrected chi connectivity index (χ3v) is 1.45. The smallest absolute Gasteiger partial charge is 0.335 e. The van der Waals surface area contributed by atoms with Crippen molar-refractivity contribution in [1.82, 2.24) is 0 Å². The first-order chi connectivity index (χ1) is 3.65. The average molecular weight is 116 g/mol. The molecule has 1 rings (SSSR count). The third-order valence-electron chi connectivity index (χ3n) is 1.45. The molecule has 3 nitrogen and oxygen atoms in total. The maximum atomic E-state index is 10.2. The largest absolute Gasteiger partial charge is 0.479 e. The van der Waals surface area contributed by atoms with Gasteiger partial charge in [-0.2, -0.15) is 0 Å². The summed E-state index contributed by atoms with van der Waals surface area (Å²) in [5.74, 6) is -0.858. The zero-order valence-corrected chi connectivity index (χ0v) is 4.68. The number of hydrogen-bond donors (Lipinski definition) is 1. The van der Waals surface area contributed by atoms with Crippen LogP contribution in [-0.4, -0.2) is 23.3 Å². The van der Waals surface area contributed by atoms with E-state index < -0.39 is 11.6 Å². The first-order valence-corrected chi connectivity index (χ1v) is 2.52. The molecule has 1 aliphatic rings. The summed E-state index contributed by atoms with van der Waals surface area (Å²) in [6.07, 6.45) is 0.641. The molecule has 8 heavy (non-hydrogen) atoms. The number of rotatable bonds is 1. The Morgan fingerprint density at radius 1 is 1.88 bits per heavy atom. The van der Waals surface area contributed by atoms with Crippen LogP contribution in [0.1, 0.15) is 13.3 Å². The highest BCUT2D eigenvalue weighted by molar-refractivity contribution is 5.77. The lowest BCUT2D eigenvalue weighted by Gasteiger charge is -2.33. The lowest BCUT2D eigenvalue weighted by molar-refractivity contribution is -0.188. The number of ether oxygens (including phenoxy) is 1. The lowest BCUT2D eigenvalue weighted by atomic mass is 9.98. The SMILES string of the molecule is CC1(C(=O)O)CCO1. The number of aliphatic carboxylic acids is 1. The molecule has 0 aromatic rings. The minimum Gasteiger partial charge on any atom is -0.479 e. The van der Waals surface area contributed by atoms with Crippen LogP contribution in [0, 0.1) is 0 Å². The predicted octanol–water partition coefficient (Wildman–Crippen LogP) is 0.250. The normalized spacial score (nSPS) is 36.1. The molecule has 0 aliphatic carbocycles. The van der Waals surface area contributed by atoms with Crippen LogP contribution < -0.4 is 0 Å². The van der Waals surface area contributed by atoms with E-state index in [9.17, 15) is 4.79 Å². The van der Waals surface area contributed by atoms with Crippen LogP contribution in [0.25, 0.3) is 0 Å². The van der Waals surface area contributed by atoms with Crippen LogP contribution in [0.2, 0.25) is 0 Å². The summed E-state index contributed by atoms with van der Waals surface area (Å²) in [7, 11) is 0. The molecule has 46 valence electrons. The van der Waals surface area contributed by atoms with E-state index in [-0.39, 0.29) is 0 Å². The van der Waals surface area contributed by atoms with Gasteiger partial charge in [-0.05, 0) is 6.92 Å². The Bertz CT molecular complexity index is 115. The Kier molecular flexibility index (Phi) is 1.01. The van der Waals surface area contributed by atoms with E-state index in [1.165, 1.54) is 0 Å². The fraction of sp³-hybridized carbons (Fsp3) is 0.800. The Labute approximate surface area is 47.3 Å². The number of carboxylic acids is 1. The minimum absolute atomic E-state index is 0.586. The van der Waals surface area contributed by atoms with Gasteiger partial charge in [0, 0.05) is 6.42 Å². The van der Waals surface area contributed by atoms with Gasteiger partial charge in [0.25, 0.3) is 0 Å². The van der Waals surface area contributed by atoms with Gasteiger partial charge in [0.1, 0.15) is 0 Å². The van der Waals surface area contributed by atoms with E-state index in [2.05, 4.69) is 0 Å². The maximum absolute atomic E-state index is 10.2. The summed E-state index contributed by atoms with van der Waals surface area (Å²) in [5.41, 5.74) is -0.861. The molecule has 0 saturated carbocycles. The number of hydrogen-bond acceptors (Lipinski definition) is 2. The van der Waals surface area contributed by atoms with Crippen molar-refractivity contribution in [2.24, 2.45) is 0 Å². The van der Waals surface area contributed by atoms with Crippen LogP contribution in [0.5, 0.6) is 0 Å². The van der Waals surface area contributed by atoms with Crippen molar-refractivity contribution in [2.45, 2.75) is 18.9 Å². The van der Waals surface area contributed by atoms with Crippen LogP contribution in [0.3, 0.4) is 0 Å². The molecular weight excluding hydrogens is 108 g/mol. The van der Waals surface area contributed by atoms with Gasteiger partial charge in [0.15, 0.2) is 5.60 Å². The Hall–Kier alpha value is -0.570. The van der Waals surface area contributed by atoms with Gasteiger partial charge in [-0.1, -0.05) is 0 Å². The molecule has 1 N–H and O–H groups in total. The quantitative estimate of drug-likeness (QED) is 0.534. The molecule has 3 heteroatoms. The van der Waals surface area contributed by atoms with Crippen molar-refractivity contribution in [3.8, 4) is 0 Å². The second-order valence-electron chi connectivity index (χ2n) is 2.13. The molecular formula is C5H8O3. The minimum atomic E-state index is -0.861. The molecule has 1 atom stereocenters. The monoisotopic (exact) mass is 116 g/mol. The third kappa shape index (κ3) is 0.591. The van der Waals surface area contributed by atoms with Crippen LogP contribution in [0.4, 0.5) is 0 Å². The Balaban J connectivity index is 2.53. The molecule has 1 aliphatic heterocycles. The highest BCUT2D eigenvalue weighted by Gasteiger charge is 2.40. The van der Waals surface area contributed by atoms with Crippen molar-refractivity contribution in [2.75, 3.05) is 6.61 Å². The molecule has 0 aromatic heterocycles. The summed E-state index contributed by atoms with van der Waals surface area (Å²) in [4.78, 5) is 10.2. The zero-order valence-electron chi connectivity index (χ0n) is 4.68. The van der Waals surface area contributed by atoms with Crippen LogP contribution in [-0.2, 0) is 9.53 Å². The van der Waals surface area contributed by atoms with Crippen molar-refractivity contribution in [3.63, 3.8) is 0 Å². The first kappa shape index (κ1) is 5.56. The molecule has 0 spiro atoms.